The van der Waals surface area contributed by atoms with Crippen molar-refractivity contribution in [1.82, 2.24) is 15.1 Å². The first-order valence-corrected chi connectivity index (χ1v) is 6.47. The first kappa shape index (κ1) is 18.0. The highest BCUT2D eigenvalue weighted by Gasteiger charge is 2.28. The lowest BCUT2D eigenvalue weighted by Gasteiger charge is -2.23. The molecule has 0 amide bonds. The van der Waals surface area contributed by atoms with Gasteiger partial charge in [-0.05, 0) is 13.5 Å². The van der Waals surface area contributed by atoms with Crippen LogP contribution in [0.15, 0.2) is 4.99 Å². The molecule has 0 unspecified atom stereocenters. The highest BCUT2D eigenvalue weighted by Crippen LogP contribution is 2.14. The molecule has 0 saturated carbocycles. The summed E-state index contributed by atoms with van der Waals surface area (Å²) in [7, 11) is 5.05. The fourth-order valence-electron chi connectivity index (χ4n) is 1.63. The Bertz CT molecular complexity index is 266. The van der Waals surface area contributed by atoms with Gasteiger partial charge in [0.15, 0.2) is 5.96 Å². The van der Waals surface area contributed by atoms with E-state index >= 15 is 0 Å². The monoisotopic (exact) mass is 282 g/mol. The number of unbranched alkanes of at least 4 members (excludes halogenated alkanes) is 1. The van der Waals surface area contributed by atoms with Gasteiger partial charge < -0.3 is 10.2 Å². The molecule has 0 aliphatic rings. The Morgan fingerprint density at radius 2 is 1.84 bits per heavy atom. The van der Waals surface area contributed by atoms with Gasteiger partial charge >= 0.3 is 6.18 Å². The van der Waals surface area contributed by atoms with Gasteiger partial charge in [-0.3, -0.25) is 9.89 Å². The third-order valence-corrected chi connectivity index (χ3v) is 2.65. The summed E-state index contributed by atoms with van der Waals surface area (Å²) < 4.78 is 36.4. The van der Waals surface area contributed by atoms with Crippen LogP contribution in [0.3, 0.4) is 0 Å². The second-order valence-electron chi connectivity index (χ2n) is 4.60. The summed E-state index contributed by atoms with van der Waals surface area (Å²) >= 11 is 0. The van der Waals surface area contributed by atoms with E-state index in [1.165, 1.54) is 11.9 Å². The Morgan fingerprint density at radius 1 is 1.21 bits per heavy atom. The molecule has 0 aromatic carbocycles. The summed E-state index contributed by atoms with van der Waals surface area (Å²) in [5.74, 6) is 0.717. The van der Waals surface area contributed by atoms with Crippen LogP contribution in [0.4, 0.5) is 13.2 Å². The zero-order chi connectivity index (χ0) is 14.9. The van der Waals surface area contributed by atoms with E-state index in [0.717, 1.165) is 19.4 Å². The molecule has 0 bridgehead atoms. The van der Waals surface area contributed by atoms with Gasteiger partial charge in [0.2, 0.25) is 0 Å². The molecule has 0 atom stereocenters. The third kappa shape index (κ3) is 9.58. The van der Waals surface area contributed by atoms with Crippen LogP contribution >= 0.6 is 0 Å². The number of hydrogen-bond acceptors (Lipinski definition) is 2. The lowest BCUT2D eigenvalue weighted by Crippen LogP contribution is -2.43. The van der Waals surface area contributed by atoms with Gasteiger partial charge in [0.25, 0.3) is 0 Å². The van der Waals surface area contributed by atoms with E-state index in [9.17, 15) is 13.2 Å². The van der Waals surface area contributed by atoms with Crippen LogP contribution in [0.2, 0.25) is 0 Å². The maximum atomic E-state index is 12.1. The van der Waals surface area contributed by atoms with Crippen molar-refractivity contribution in [3.63, 3.8) is 0 Å². The van der Waals surface area contributed by atoms with E-state index in [0.29, 0.717) is 19.0 Å². The van der Waals surface area contributed by atoms with Crippen LogP contribution in [-0.4, -0.2) is 69.3 Å². The molecule has 0 fully saturated rings. The summed E-state index contributed by atoms with van der Waals surface area (Å²) in [6, 6.07) is 0. The average molecular weight is 282 g/mol. The zero-order valence-corrected chi connectivity index (χ0v) is 12.2. The predicted octanol–water partition coefficient (Wildman–Crippen LogP) is 1.79. The maximum absolute atomic E-state index is 12.1. The number of nitrogens with zero attached hydrogens (tertiary/aromatic N) is 3. The van der Waals surface area contributed by atoms with Crippen LogP contribution in [0.1, 0.15) is 19.8 Å². The SMILES string of the molecule is CCCCN(C)C(=NC)NCCN(C)CC(F)(F)F. The highest BCUT2D eigenvalue weighted by atomic mass is 19.4. The molecule has 0 aromatic rings. The number of halogens is 3. The molecule has 0 aliphatic heterocycles. The van der Waals surface area contributed by atoms with E-state index in [1.54, 1.807) is 7.05 Å². The van der Waals surface area contributed by atoms with E-state index in [-0.39, 0.29) is 0 Å². The topological polar surface area (TPSA) is 30.9 Å². The van der Waals surface area contributed by atoms with Crippen LogP contribution in [0, 0.1) is 0 Å². The van der Waals surface area contributed by atoms with Crippen molar-refractivity contribution in [1.29, 1.82) is 0 Å². The molecule has 0 radical (unpaired) electrons. The lowest BCUT2D eigenvalue weighted by atomic mass is 10.3. The number of hydrogen-bond donors (Lipinski definition) is 1. The minimum Gasteiger partial charge on any atom is -0.355 e. The number of alkyl halides is 3. The molecule has 0 saturated heterocycles. The summed E-state index contributed by atoms with van der Waals surface area (Å²) in [6.45, 7) is 2.86. The summed E-state index contributed by atoms with van der Waals surface area (Å²) in [4.78, 5) is 7.32. The second-order valence-corrected chi connectivity index (χ2v) is 4.60. The minimum absolute atomic E-state index is 0.320. The van der Waals surface area contributed by atoms with Crippen molar-refractivity contribution >= 4 is 5.96 Å². The zero-order valence-electron chi connectivity index (χ0n) is 12.2. The van der Waals surface area contributed by atoms with Crippen molar-refractivity contribution in [3.05, 3.63) is 0 Å². The molecule has 0 heterocycles. The van der Waals surface area contributed by atoms with E-state index < -0.39 is 12.7 Å². The van der Waals surface area contributed by atoms with E-state index in [2.05, 4.69) is 17.2 Å². The van der Waals surface area contributed by atoms with Gasteiger partial charge in [-0.2, -0.15) is 13.2 Å². The molecular formula is C12H25F3N4. The van der Waals surface area contributed by atoms with Crippen LogP contribution in [-0.2, 0) is 0 Å². The minimum atomic E-state index is -4.14. The van der Waals surface area contributed by atoms with Gasteiger partial charge in [0.05, 0.1) is 6.54 Å². The molecular weight excluding hydrogens is 257 g/mol. The van der Waals surface area contributed by atoms with Crippen molar-refractivity contribution < 1.29 is 13.2 Å². The molecule has 0 rings (SSSR count). The fourth-order valence-corrected chi connectivity index (χ4v) is 1.63. The quantitative estimate of drug-likeness (QED) is 0.570. The van der Waals surface area contributed by atoms with Gasteiger partial charge in [-0.25, -0.2) is 0 Å². The Morgan fingerprint density at radius 3 is 2.32 bits per heavy atom. The fraction of sp³-hybridized carbons (Fsp3) is 0.917. The number of rotatable bonds is 7. The maximum Gasteiger partial charge on any atom is 0.401 e. The first-order valence-electron chi connectivity index (χ1n) is 6.47. The van der Waals surface area contributed by atoms with Crippen LogP contribution in [0.25, 0.3) is 0 Å². The van der Waals surface area contributed by atoms with E-state index in [1.807, 2.05) is 11.9 Å². The number of likely N-dealkylation sites (N-methyl/N-ethyl adjacent to an activating group) is 1. The number of nitrogens with one attached hydrogen (secondary N) is 1. The molecule has 0 aromatic heterocycles. The molecule has 114 valence electrons. The Labute approximate surface area is 113 Å². The first-order chi connectivity index (χ1) is 8.80. The second kappa shape index (κ2) is 9.01. The normalized spacial score (nSPS) is 12.9. The standard InChI is InChI=1S/C12H25F3N4/c1-5-6-8-19(4)11(16-2)17-7-9-18(3)10-12(13,14)15/h5-10H2,1-4H3,(H,16,17). The molecule has 19 heavy (non-hydrogen) atoms. The smallest absolute Gasteiger partial charge is 0.355 e. The average Bonchev–Trinajstić information content (AvgIpc) is 2.29. The summed E-state index contributed by atoms with van der Waals surface area (Å²) in [6.07, 6.45) is -1.99. The predicted molar refractivity (Wildman–Crippen MR) is 72.5 cm³/mol. The molecule has 1 N–H and O–H groups in total. The lowest BCUT2D eigenvalue weighted by molar-refractivity contribution is -0.142. The van der Waals surface area contributed by atoms with Crippen molar-refractivity contribution in [2.24, 2.45) is 4.99 Å². The number of guanidine groups is 1. The van der Waals surface area contributed by atoms with Gasteiger partial charge in [-0.1, -0.05) is 13.3 Å². The summed E-state index contributed by atoms with van der Waals surface area (Å²) in [5.41, 5.74) is 0. The molecule has 0 spiro atoms. The molecule has 0 aliphatic carbocycles. The van der Waals surface area contributed by atoms with Crippen molar-refractivity contribution in [3.8, 4) is 0 Å². The summed E-state index contributed by atoms with van der Waals surface area (Å²) in [5, 5.41) is 3.06. The molecule has 4 nitrogen and oxygen atoms in total. The van der Waals surface area contributed by atoms with Gasteiger partial charge in [0.1, 0.15) is 0 Å². The van der Waals surface area contributed by atoms with E-state index in [4.69, 9.17) is 0 Å². The third-order valence-electron chi connectivity index (χ3n) is 2.65. The molecule has 7 heteroatoms. The largest absolute Gasteiger partial charge is 0.401 e. The number of aliphatic imine (C=N–C) groups is 1. The van der Waals surface area contributed by atoms with Gasteiger partial charge in [-0.15, -0.1) is 0 Å². The van der Waals surface area contributed by atoms with Crippen LogP contribution < -0.4 is 5.32 Å². The Hall–Kier alpha value is -0.980. The Balaban J connectivity index is 3.96. The van der Waals surface area contributed by atoms with Crippen molar-refractivity contribution in [2.45, 2.75) is 25.9 Å². The van der Waals surface area contributed by atoms with Crippen LogP contribution in [0.5, 0.6) is 0 Å². The highest BCUT2D eigenvalue weighted by molar-refractivity contribution is 5.79. The van der Waals surface area contributed by atoms with Crippen molar-refractivity contribution in [2.75, 3.05) is 47.3 Å². The van der Waals surface area contributed by atoms with Gasteiger partial charge in [0, 0.05) is 33.7 Å². The Kier molecular flexibility index (Phi) is 8.54.